The molecule has 0 saturated carbocycles. The molecule has 46 valence electrons. The van der Waals surface area contributed by atoms with E-state index in [1.54, 1.807) is 0 Å². The molecule has 0 spiro atoms. The van der Waals surface area contributed by atoms with E-state index in [0.717, 1.165) is 0 Å². The van der Waals surface area contributed by atoms with Crippen LogP contribution in [0.5, 0.6) is 0 Å². The van der Waals surface area contributed by atoms with Crippen LogP contribution < -0.4 is 51.4 Å². The molecule has 0 aromatic carbocycles. The topological polar surface area (TPSA) is 99.9 Å². The summed E-state index contributed by atoms with van der Waals surface area (Å²) in [7, 11) is 0. The summed E-state index contributed by atoms with van der Waals surface area (Å²) in [5.41, 5.74) is 7.84. The normalized spacial score (nSPS) is 7.11. The van der Waals surface area contributed by atoms with E-state index >= 15 is 0 Å². The Morgan fingerprint density at radius 1 is 1.33 bits per heavy atom. The van der Waals surface area contributed by atoms with Gasteiger partial charge in [-0.15, -0.1) is 4.70 Å². The largest absolute Gasteiger partial charge is 1.00 e. The molecule has 0 saturated heterocycles. The molecule has 6 nitrogen and oxygen atoms in total. The Kier molecular flexibility index (Phi) is 6.62. The average Bonchev–Trinajstić information content (AvgIpc) is 1.64. The van der Waals surface area contributed by atoms with E-state index in [9.17, 15) is 9.59 Å². The number of hydrogen-bond donors (Lipinski definition) is 2. The summed E-state index contributed by atoms with van der Waals surface area (Å²) in [6.07, 6.45) is -3.84. The van der Waals surface area contributed by atoms with Gasteiger partial charge in [0, 0.05) is 0 Å². The smallest absolute Gasteiger partial charge is 1.00 e. The van der Waals surface area contributed by atoms with Crippen molar-refractivity contribution in [3.63, 3.8) is 0 Å². The van der Waals surface area contributed by atoms with E-state index in [-0.39, 0.29) is 52.8 Å². The van der Waals surface area contributed by atoms with Crippen molar-refractivity contribution >= 4 is 12.2 Å². The Morgan fingerprint density at radius 3 is 1.56 bits per heavy atom. The molecule has 0 aliphatic heterocycles. The molecule has 0 aromatic heterocycles. The number of carboxylic acid groups (broad SMARTS) is 2. The Bertz CT molecular complexity index is 143. The minimum absolute atomic E-state index is 0. The molecule has 0 heterocycles. The van der Waals surface area contributed by atoms with Gasteiger partial charge in [0.2, 0.25) is 0 Å². The third-order valence-electron chi connectivity index (χ3n) is 0.362. The SMILES string of the molecule is [H-].[K+].[N-]=[N+](C(=O)O)C(=O)O. The maximum atomic E-state index is 9.44. The quantitative estimate of drug-likeness (QED) is 0.231. The van der Waals surface area contributed by atoms with Gasteiger partial charge in [0.1, 0.15) is 0 Å². The van der Waals surface area contributed by atoms with E-state index in [1.165, 1.54) is 0 Å². The maximum absolute atomic E-state index is 9.44. The van der Waals surface area contributed by atoms with Crippen LogP contribution in [-0.4, -0.2) is 27.1 Å². The Morgan fingerprint density at radius 2 is 1.56 bits per heavy atom. The minimum Gasteiger partial charge on any atom is -1.00 e. The van der Waals surface area contributed by atoms with Crippen LogP contribution in [0.15, 0.2) is 0 Å². The zero-order chi connectivity index (χ0) is 6.73. The molecule has 2 amide bonds. The summed E-state index contributed by atoms with van der Waals surface area (Å²) in [5.74, 6) is 0. The standard InChI is InChI=1S/C2H2N2O4.K.H/c3-4(1(5)6)2(7)8;;/h(H,5,6)(H,7,8);;/q;+1;-1. The van der Waals surface area contributed by atoms with Crippen molar-refractivity contribution in [2.45, 2.75) is 0 Å². The Balaban J connectivity index is -0.000000245. The van der Waals surface area contributed by atoms with Gasteiger partial charge in [-0.1, -0.05) is 0 Å². The fraction of sp³-hybridized carbons (Fsp3) is 0. The van der Waals surface area contributed by atoms with Crippen LogP contribution in [0.3, 0.4) is 0 Å². The van der Waals surface area contributed by atoms with Gasteiger partial charge in [0.25, 0.3) is 0 Å². The third-order valence-corrected chi connectivity index (χ3v) is 0.362. The van der Waals surface area contributed by atoms with Gasteiger partial charge in [-0.2, -0.15) is 9.59 Å². The molecule has 0 unspecified atom stereocenters. The first kappa shape index (κ1) is 11.9. The second kappa shape index (κ2) is 5.00. The summed E-state index contributed by atoms with van der Waals surface area (Å²) in [6, 6.07) is 0. The third kappa shape index (κ3) is 4.67. The molecule has 9 heavy (non-hydrogen) atoms. The maximum Gasteiger partial charge on any atom is 1.00 e. The van der Waals surface area contributed by atoms with Gasteiger partial charge in [0.15, 0.2) is 0 Å². The summed E-state index contributed by atoms with van der Waals surface area (Å²) in [4.78, 5) is 18.9. The zero-order valence-electron chi connectivity index (χ0n) is 5.61. The molecule has 0 atom stereocenters. The van der Waals surface area contributed by atoms with Gasteiger partial charge < -0.3 is 17.2 Å². The summed E-state index contributed by atoms with van der Waals surface area (Å²) in [6.45, 7) is 0. The van der Waals surface area contributed by atoms with Crippen LogP contribution in [0.2, 0.25) is 0 Å². The molecule has 7 heteroatoms. The number of amides is 2. The van der Waals surface area contributed by atoms with Gasteiger partial charge in [-0.05, 0) is 0 Å². The molecule has 0 aliphatic carbocycles. The van der Waals surface area contributed by atoms with Crippen LogP contribution in [0.1, 0.15) is 1.43 Å². The van der Waals surface area contributed by atoms with Gasteiger partial charge in [-0.25, -0.2) is 0 Å². The fourth-order valence-electron chi connectivity index (χ4n) is 0.0818. The number of rotatable bonds is 0. The first-order chi connectivity index (χ1) is 3.55. The van der Waals surface area contributed by atoms with E-state index < -0.39 is 16.9 Å². The monoisotopic (exact) mass is 158 g/mol. The van der Waals surface area contributed by atoms with Crippen LogP contribution in [0, 0.1) is 0 Å². The number of imide groups is 1. The number of nitrogens with zero attached hydrogens (tertiary/aromatic N) is 2. The second-order valence-corrected chi connectivity index (χ2v) is 0.877. The first-order valence-electron chi connectivity index (χ1n) is 1.50. The summed E-state index contributed by atoms with van der Waals surface area (Å²) in [5, 5.41) is 15.3. The summed E-state index contributed by atoms with van der Waals surface area (Å²) < 4.78 is -0.833. The Labute approximate surface area is 93.9 Å². The Hall–Kier alpha value is 0.176. The van der Waals surface area contributed by atoms with E-state index in [1.807, 2.05) is 0 Å². The van der Waals surface area contributed by atoms with Crippen molar-refractivity contribution in [2.24, 2.45) is 0 Å². The van der Waals surface area contributed by atoms with Crippen molar-refractivity contribution < 1.29 is 77.3 Å². The molecule has 0 rings (SSSR count). The molecule has 2 N–H and O–H groups in total. The van der Waals surface area contributed by atoms with Crippen molar-refractivity contribution in [3.05, 3.63) is 5.53 Å². The predicted octanol–water partition coefficient (Wildman–Crippen LogP) is -2.51. The molecular formula is C2H3KN2O4. The van der Waals surface area contributed by atoms with Crippen LogP contribution in [0.25, 0.3) is 5.53 Å². The molecular weight excluding hydrogens is 155 g/mol. The molecule has 0 aliphatic rings. The van der Waals surface area contributed by atoms with Crippen molar-refractivity contribution in [2.75, 3.05) is 0 Å². The van der Waals surface area contributed by atoms with Crippen LogP contribution in [0.4, 0.5) is 9.59 Å². The molecule has 0 radical (unpaired) electrons. The van der Waals surface area contributed by atoms with Gasteiger partial charge in [0.05, 0.1) is 0 Å². The molecule has 0 bridgehead atoms. The number of hydrogen-bond acceptors (Lipinski definition) is 2. The van der Waals surface area contributed by atoms with Crippen molar-refractivity contribution in [1.82, 2.24) is 0 Å². The molecule has 0 aromatic rings. The van der Waals surface area contributed by atoms with E-state index in [2.05, 4.69) is 0 Å². The number of carbonyl (C=O) groups is 2. The van der Waals surface area contributed by atoms with E-state index in [0.29, 0.717) is 0 Å². The summed E-state index contributed by atoms with van der Waals surface area (Å²) >= 11 is 0. The second-order valence-electron chi connectivity index (χ2n) is 0.877. The van der Waals surface area contributed by atoms with Crippen molar-refractivity contribution in [1.29, 1.82) is 0 Å². The van der Waals surface area contributed by atoms with Crippen LogP contribution >= 0.6 is 0 Å². The average molecular weight is 158 g/mol. The molecule has 0 fully saturated rings. The van der Waals surface area contributed by atoms with Gasteiger partial charge >= 0.3 is 63.6 Å². The van der Waals surface area contributed by atoms with Crippen molar-refractivity contribution in [3.8, 4) is 0 Å². The minimum atomic E-state index is -1.92. The zero-order valence-corrected chi connectivity index (χ0v) is 7.73. The van der Waals surface area contributed by atoms with E-state index in [4.69, 9.17) is 15.7 Å². The van der Waals surface area contributed by atoms with Gasteiger partial charge in [-0.3, -0.25) is 0 Å². The fourth-order valence-corrected chi connectivity index (χ4v) is 0.0818. The predicted molar refractivity (Wildman–Crippen MR) is 20.8 cm³/mol. The van der Waals surface area contributed by atoms with Crippen LogP contribution in [-0.2, 0) is 0 Å². The first-order valence-corrected chi connectivity index (χ1v) is 1.50.